The first kappa shape index (κ1) is 22.8. The minimum atomic E-state index is -0.351. The third kappa shape index (κ3) is 5.25. The van der Waals surface area contributed by atoms with Crippen LogP contribution in [0.3, 0.4) is 0 Å². The third-order valence-corrected chi connectivity index (χ3v) is 7.18. The molecule has 4 aromatic rings. The zero-order valence-corrected chi connectivity index (χ0v) is 19.9. The number of nitrogens with zero attached hydrogens (tertiary/aromatic N) is 2. The molecule has 35 heavy (non-hydrogen) atoms. The van der Waals surface area contributed by atoms with E-state index >= 15 is 0 Å². The molecule has 2 aromatic carbocycles. The van der Waals surface area contributed by atoms with E-state index in [-0.39, 0.29) is 30.5 Å². The van der Waals surface area contributed by atoms with E-state index < -0.39 is 0 Å². The van der Waals surface area contributed by atoms with Gasteiger partial charge >= 0.3 is 6.03 Å². The molecule has 0 unspecified atom stereocenters. The second kappa shape index (κ2) is 10.1. The first-order chi connectivity index (χ1) is 17.1. The fraction of sp³-hybridized carbons (Fsp3) is 0.231. The molecule has 0 fully saturated rings. The monoisotopic (exact) mass is 487 g/mol. The Hall–Kier alpha value is -3.98. The number of para-hydroxylation sites is 1. The molecule has 5 rings (SSSR count). The number of benzene rings is 2. The molecular formula is C26H25N5O3S. The van der Waals surface area contributed by atoms with Crippen LogP contribution in [0.4, 0.5) is 21.9 Å². The zero-order valence-electron chi connectivity index (χ0n) is 19.0. The predicted octanol–water partition coefficient (Wildman–Crippen LogP) is 5.01. The second-order valence-electron chi connectivity index (χ2n) is 8.45. The average Bonchev–Trinajstić information content (AvgIpc) is 3.25. The van der Waals surface area contributed by atoms with Gasteiger partial charge in [-0.25, -0.2) is 9.78 Å². The van der Waals surface area contributed by atoms with E-state index in [2.05, 4.69) is 20.9 Å². The van der Waals surface area contributed by atoms with E-state index in [0.29, 0.717) is 17.1 Å². The first-order valence-electron chi connectivity index (χ1n) is 11.6. The van der Waals surface area contributed by atoms with Gasteiger partial charge in [0.15, 0.2) is 0 Å². The van der Waals surface area contributed by atoms with Crippen LogP contribution in [0.2, 0.25) is 0 Å². The van der Waals surface area contributed by atoms with Gasteiger partial charge in [0.05, 0.1) is 11.7 Å². The molecule has 1 aliphatic rings. The molecule has 3 amide bonds. The summed E-state index contributed by atoms with van der Waals surface area (Å²) >= 11 is 1.62. The number of aromatic nitrogens is 2. The topological polar surface area (TPSA) is 105 Å². The van der Waals surface area contributed by atoms with Gasteiger partial charge in [0.1, 0.15) is 4.83 Å². The van der Waals surface area contributed by atoms with Crippen LogP contribution in [-0.2, 0) is 24.2 Å². The Bertz CT molecular complexity index is 1430. The number of aryl methyl sites for hydroxylation is 3. The smallest absolute Gasteiger partial charge is 0.323 e. The van der Waals surface area contributed by atoms with Gasteiger partial charge in [-0.15, -0.1) is 11.3 Å². The number of amides is 3. The van der Waals surface area contributed by atoms with Gasteiger partial charge in [0.2, 0.25) is 5.91 Å². The van der Waals surface area contributed by atoms with E-state index in [9.17, 15) is 14.4 Å². The molecule has 0 radical (unpaired) electrons. The highest BCUT2D eigenvalue weighted by Gasteiger charge is 2.20. The van der Waals surface area contributed by atoms with Crippen molar-refractivity contribution in [2.24, 2.45) is 0 Å². The van der Waals surface area contributed by atoms with E-state index in [1.165, 1.54) is 9.44 Å². The molecular weight excluding hydrogens is 462 g/mol. The van der Waals surface area contributed by atoms with E-state index in [4.69, 9.17) is 0 Å². The summed E-state index contributed by atoms with van der Waals surface area (Å²) in [5.74, 6) is -0.202. The van der Waals surface area contributed by atoms with Crippen molar-refractivity contribution < 1.29 is 9.59 Å². The molecule has 178 valence electrons. The van der Waals surface area contributed by atoms with Crippen molar-refractivity contribution in [3.8, 4) is 0 Å². The average molecular weight is 488 g/mol. The molecule has 0 spiro atoms. The maximum Gasteiger partial charge on any atom is 0.323 e. The zero-order chi connectivity index (χ0) is 24.2. The van der Waals surface area contributed by atoms with Crippen LogP contribution >= 0.6 is 11.3 Å². The van der Waals surface area contributed by atoms with Crippen LogP contribution in [0.5, 0.6) is 0 Å². The standard InChI is InChI=1S/C26H25N5O3S/c32-22(14-15-31-16-27-24-23(25(31)33)20-8-4-5-9-21(20)35-24)28-18-10-12-19(13-11-18)30-26(34)29-17-6-2-1-3-7-17/h1-3,6-7,10-13,16H,4-5,8-9,14-15H2,(H,28,32)(H2,29,30,34). The first-order valence-corrected chi connectivity index (χ1v) is 12.4. The number of nitrogens with one attached hydrogen (secondary N) is 3. The molecule has 0 saturated heterocycles. The van der Waals surface area contributed by atoms with Crippen molar-refractivity contribution in [2.45, 2.75) is 38.6 Å². The lowest BCUT2D eigenvalue weighted by Gasteiger charge is -2.11. The van der Waals surface area contributed by atoms with E-state index in [1.54, 1.807) is 54.1 Å². The normalized spacial score (nSPS) is 12.7. The molecule has 0 atom stereocenters. The Labute approximate surface area is 206 Å². The van der Waals surface area contributed by atoms with Gasteiger partial charge in [-0.1, -0.05) is 18.2 Å². The van der Waals surface area contributed by atoms with Gasteiger partial charge < -0.3 is 16.0 Å². The van der Waals surface area contributed by atoms with Crippen molar-refractivity contribution in [1.82, 2.24) is 9.55 Å². The predicted molar refractivity (Wildman–Crippen MR) is 139 cm³/mol. The molecule has 9 heteroatoms. The maximum absolute atomic E-state index is 13.0. The summed E-state index contributed by atoms with van der Waals surface area (Å²) in [6.07, 6.45) is 5.90. The summed E-state index contributed by atoms with van der Waals surface area (Å²) in [5, 5.41) is 9.06. The van der Waals surface area contributed by atoms with E-state index in [0.717, 1.165) is 41.5 Å². The highest BCUT2D eigenvalue weighted by molar-refractivity contribution is 7.18. The quantitative estimate of drug-likeness (QED) is 0.356. The van der Waals surface area contributed by atoms with Gasteiger partial charge in [-0.05, 0) is 67.6 Å². The van der Waals surface area contributed by atoms with E-state index in [1.807, 2.05) is 18.2 Å². The lowest BCUT2D eigenvalue weighted by Crippen LogP contribution is -2.24. The van der Waals surface area contributed by atoms with Crippen molar-refractivity contribution in [2.75, 3.05) is 16.0 Å². The van der Waals surface area contributed by atoms with Crippen LogP contribution in [0, 0.1) is 0 Å². The van der Waals surface area contributed by atoms with Crippen LogP contribution < -0.4 is 21.5 Å². The van der Waals surface area contributed by atoms with Crippen LogP contribution in [0.15, 0.2) is 65.7 Å². The molecule has 1 aliphatic carbocycles. The SMILES string of the molecule is O=C(CCn1cnc2sc3c(c2c1=O)CCCC3)Nc1ccc(NC(=O)Nc2ccccc2)cc1. The number of carbonyl (C=O) groups excluding carboxylic acids is 2. The van der Waals surface area contributed by atoms with Gasteiger partial charge in [0.25, 0.3) is 5.56 Å². The number of hydrogen-bond acceptors (Lipinski definition) is 5. The molecule has 8 nitrogen and oxygen atoms in total. The third-order valence-electron chi connectivity index (χ3n) is 5.98. The van der Waals surface area contributed by atoms with Crippen LogP contribution in [0.1, 0.15) is 29.7 Å². The fourth-order valence-corrected chi connectivity index (χ4v) is 5.46. The summed E-state index contributed by atoms with van der Waals surface area (Å²) in [5.41, 5.74) is 2.99. The summed E-state index contributed by atoms with van der Waals surface area (Å²) in [6, 6.07) is 15.7. The van der Waals surface area contributed by atoms with Gasteiger partial charge in [-0.3, -0.25) is 14.2 Å². The lowest BCUT2D eigenvalue weighted by molar-refractivity contribution is -0.116. The minimum Gasteiger partial charge on any atom is -0.326 e. The summed E-state index contributed by atoms with van der Waals surface area (Å²) in [7, 11) is 0. The van der Waals surface area contributed by atoms with Crippen LogP contribution in [0.25, 0.3) is 10.2 Å². The summed E-state index contributed by atoms with van der Waals surface area (Å²) in [4.78, 5) is 44.2. The Kier molecular flexibility index (Phi) is 6.58. The van der Waals surface area contributed by atoms with Crippen molar-refractivity contribution in [1.29, 1.82) is 0 Å². The second-order valence-corrected chi connectivity index (χ2v) is 9.54. The van der Waals surface area contributed by atoms with Crippen molar-refractivity contribution in [3.05, 3.63) is 81.7 Å². The highest BCUT2D eigenvalue weighted by Crippen LogP contribution is 2.33. The summed E-state index contributed by atoms with van der Waals surface area (Å²) < 4.78 is 1.53. The highest BCUT2D eigenvalue weighted by atomic mass is 32.1. The number of carbonyl (C=O) groups is 2. The minimum absolute atomic E-state index is 0.0635. The number of hydrogen-bond donors (Lipinski definition) is 3. The lowest BCUT2D eigenvalue weighted by atomic mass is 9.97. The molecule has 0 aliphatic heterocycles. The Morgan fingerprint density at radius 1 is 0.886 bits per heavy atom. The Balaban J connectivity index is 1.16. The molecule has 0 saturated carbocycles. The number of fused-ring (bicyclic) bond motifs is 3. The molecule has 3 N–H and O–H groups in total. The Morgan fingerprint density at radius 3 is 2.29 bits per heavy atom. The number of rotatable bonds is 6. The molecule has 2 heterocycles. The molecule has 0 bridgehead atoms. The van der Waals surface area contributed by atoms with Crippen molar-refractivity contribution >= 4 is 50.6 Å². The largest absolute Gasteiger partial charge is 0.326 e. The van der Waals surface area contributed by atoms with Crippen molar-refractivity contribution in [3.63, 3.8) is 0 Å². The Morgan fingerprint density at radius 2 is 1.54 bits per heavy atom. The van der Waals surface area contributed by atoms with Gasteiger partial charge in [0, 0.05) is 34.9 Å². The number of anilines is 3. The summed E-state index contributed by atoms with van der Waals surface area (Å²) in [6.45, 7) is 0.261. The fourth-order valence-electron chi connectivity index (χ4n) is 4.24. The van der Waals surface area contributed by atoms with Crippen LogP contribution in [-0.4, -0.2) is 21.5 Å². The number of urea groups is 1. The molecule has 2 aromatic heterocycles. The number of thiophene rings is 1. The van der Waals surface area contributed by atoms with Gasteiger partial charge in [-0.2, -0.15) is 0 Å². The maximum atomic E-state index is 13.0.